The Hall–Kier alpha value is -3.05. The highest BCUT2D eigenvalue weighted by molar-refractivity contribution is 7.15. The van der Waals surface area contributed by atoms with Crippen molar-refractivity contribution in [3.8, 4) is 11.8 Å². The maximum absolute atomic E-state index is 11.0. The summed E-state index contributed by atoms with van der Waals surface area (Å²) in [6.45, 7) is 0. The molecule has 0 aliphatic carbocycles. The molecule has 7 nitrogen and oxygen atoms in total. The minimum Gasteiger partial charge on any atom is -0.440 e. The number of nitrogens with two attached hydrogens (primary N) is 1. The first kappa shape index (κ1) is 15.8. The van der Waals surface area contributed by atoms with Crippen molar-refractivity contribution >= 4 is 22.0 Å². The number of nitriles is 1. The zero-order chi connectivity index (χ0) is 17.4. The predicted molar refractivity (Wildman–Crippen MR) is 91.0 cm³/mol. The van der Waals surface area contributed by atoms with Gasteiger partial charge < -0.3 is 15.4 Å². The molecule has 0 saturated carbocycles. The molecule has 2 heterocycles. The molecule has 0 bridgehead atoms. The molecule has 122 valence electrons. The Morgan fingerprint density at radius 2 is 2.12 bits per heavy atom. The largest absolute Gasteiger partial charge is 0.440 e. The van der Waals surface area contributed by atoms with Gasteiger partial charge in [0.05, 0.1) is 10.8 Å². The molecule has 1 aromatic heterocycles. The summed E-state index contributed by atoms with van der Waals surface area (Å²) in [5.74, 6) is 0.120. The van der Waals surface area contributed by atoms with E-state index in [2.05, 4.69) is 6.07 Å². The van der Waals surface area contributed by atoms with Crippen molar-refractivity contribution < 1.29 is 9.66 Å². The number of ether oxygens (including phenoxy) is 1. The van der Waals surface area contributed by atoms with Crippen LogP contribution in [0.15, 0.2) is 41.8 Å². The van der Waals surface area contributed by atoms with E-state index in [1.54, 1.807) is 6.07 Å². The number of hydrogen-bond acceptors (Lipinski definition) is 7. The molecule has 0 saturated heterocycles. The van der Waals surface area contributed by atoms with Crippen LogP contribution in [0.2, 0.25) is 0 Å². The molecular formula is C16H14N4O3S. The van der Waals surface area contributed by atoms with Crippen LogP contribution in [0.4, 0.5) is 10.7 Å². The summed E-state index contributed by atoms with van der Waals surface area (Å²) in [6, 6.07) is 10.8. The van der Waals surface area contributed by atoms with Gasteiger partial charge in [-0.25, -0.2) is 0 Å². The third-order valence-electron chi connectivity index (χ3n) is 3.80. The number of nitro groups is 1. The van der Waals surface area contributed by atoms with Crippen LogP contribution < -0.4 is 15.4 Å². The van der Waals surface area contributed by atoms with E-state index < -0.39 is 10.8 Å². The summed E-state index contributed by atoms with van der Waals surface area (Å²) in [4.78, 5) is 13.1. The molecule has 0 fully saturated rings. The second-order valence-electron chi connectivity index (χ2n) is 5.47. The van der Waals surface area contributed by atoms with E-state index in [9.17, 15) is 15.4 Å². The number of thiophene rings is 1. The fraction of sp³-hybridized carbons (Fsp3) is 0.188. The Morgan fingerprint density at radius 3 is 2.71 bits per heavy atom. The number of benzene rings is 1. The number of nitrogens with zero attached hydrogens (tertiary/aromatic N) is 3. The molecule has 1 aliphatic rings. The molecule has 0 amide bonds. The number of hydrogen-bond donors (Lipinski definition) is 1. The van der Waals surface area contributed by atoms with Crippen LogP contribution in [-0.2, 0) is 0 Å². The van der Waals surface area contributed by atoms with Gasteiger partial charge in [0.1, 0.15) is 17.4 Å². The van der Waals surface area contributed by atoms with Crippen LogP contribution in [0.25, 0.3) is 0 Å². The molecule has 3 rings (SSSR count). The smallest absolute Gasteiger partial charge is 0.324 e. The lowest BCUT2D eigenvalue weighted by Crippen LogP contribution is -2.21. The van der Waals surface area contributed by atoms with Crippen LogP contribution in [0.1, 0.15) is 16.4 Å². The fourth-order valence-electron chi connectivity index (χ4n) is 2.61. The maximum Gasteiger partial charge on any atom is 0.324 e. The van der Waals surface area contributed by atoms with Crippen molar-refractivity contribution in [1.82, 2.24) is 0 Å². The van der Waals surface area contributed by atoms with Gasteiger partial charge in [-0.3, -0.25) is 10.1 Å². The van der Waals surface area contributed by atoms with Crippen molar-refractivity contribution in [3.05, 3.63) is 62.3 Å². The van der Waals surface area contributed by atoms with Crippen LogP contribution in [0.5, 0.6) is 5.75 Å². The lowest BCUT2D eigenvalue weighted by molar-refractivity contribution is -0.380. The summed E-state index contributed by atoms with van der Waals surface area (Å²) in [5.41, 5.74) is 7.87. The summed E-state index contributed by atoms with van der Waals surface area (Å²) in [5, 5.41) is 20.5. The van der Waals surface area contributed by atoms with E-state index in [4.69, 9.17) is 10.5 Å². The normalized spacial score (nSPS) is 16.1. The molecule has 2 aromatic rings. The second kappa shape index (κ2) is 5.86. The zero-order valence-corrected chi connectivity index (χ0v) is 13.8. The lowest BCUT2D eigenvalue weighted by Gasteiger charge is -2.26. The van der Waals surface area contributed by atoms with Gasteiger partial charge in [0.15, 0.2) is 0 Å². The van der Waals surface area contributed by atoms with Gasteiger partial charge in [-0.2, -0.15) is 5.26 Å². The van der Waals surface area contributed by atoms with Crippen molar-refractivity contribution in [2.75, 3.05) is 19.0 Å². The van der Waals surface area contributed by atoms with E-state index >= 15 is 0 Å². The Morgan fingerprint density at radius 1 is 1.38 bits per heavy atom. The molecule has 0 spiro atoms. The first-order valence-corrected chi connectivity index (χ1v) is 7.87. The first-order chi connectivity index (χ1) is 11.4. The third kappa shape index (κ3) is 2.55. The summed E-state index contributed by atoms with van der Waals surface area (Å²) >= 11 is 1.04. The first-order valence-electron chi connectivity index (χ1n) is 7.05. The number of anilines is 1. The van der Waals surface area contributed by atoms with Crippen LogP contribution in [0.3, 0.4) is 0 Å². The Bertz CT molecular complexity index is 895. The van der Waals surface area contributed by atoms with Crippen LogP contribution >= 0.6 is 11.3 Å². The van der Waals surface area contributed by atoms with E-state index in [1.165, 1.54) is 6.07 Å². The minimum atomic E-state index is -0.464. The molecule has 0 radical (unpaired) electrons. The quantitative estimate of drug-likeness (QED) is 0.679. The number of fused-ring (bicyclic) bond motifs is 1. The highest BCUT2D eigenvalue weighted by atomic mass is 32.1. The lowest BCUT2D eigenvalue weighted by atomic mass is 9.88. The third-order valence-corrected chi connectivity index (χ3v) is 4.90. The molecule has 1 atom stereocenters. The number of allylic oxidation sites excluding steroid dienone is 1. The average molecular weight is 342 g/mol. The highest BCUT2D eigenvalue weighted by Crippen LogP contribution is 2.46. The average Bonchev–Trinajstić information content (AvgIpc) is 3.02. The van der Waals surface area contributed by atoms with E-state index in [-0.39, 0.29) is 16.5 Å². The van der Waals surface area contributed by atoms with Crippen LogP contribution in [-0.4, -0.2) is 19.0 Å². The van der Waals surface area contributed by atoms with Crippen molar-refractivity contribution in [2.24, 2.45) is 5.73 Å². The Balaban J connectivity index is 2.16. The summed E-state index contributed by atoms with van der Waals surface area (Å²) < 4.78 is 5.61. The molecule has 1 unspecified atom stereocenters. The molecular weight excluding hydrogens is 328 g/mol. The second-order valence-corrected chi connectivity index (χ2v) is 6.57. The van der Waals surface area contributed by atoms with Crippen molar-refractivity contribution in [1.29, 1.82) is 5.26 Å². The van der Waals surface area contributed by atoms with Gasteiger partial charge in [-0.15, -0.1) is 0 Å². The van der Waals surface area contributed by atoms with Gasteiger partial charge in [-0.1, -0.05) is 17.4 Å². The van der Waals surface area contributed by atoms with Gasteiger partial charge in [0.2, 0.25) is 5.88 Å². The topological polar surface area (TPSA) is 105 Å². The summed E-state index contributed by atoms with van der Waals surface area (Å²) in [6.07, 6.45) is 0. The van der Waals surface area contributed by atoms with E-state index in [1.807, 2.05) is 37.2 Å². The molecule has 1 aromatic carbocycles. The van der Waals surface area contributed by atoms with Gasteiger partial charge in [0, 0.05) is 42.4 Å². The monoisotopic (exact) mass is 342 g/mol. The predicted octanol–water partition coefficient (Wildman–Crippen LogP) is 2.94. The van der Waals surface area contributed by atoms with Gasteiger partial charge in [-0.05, 0) is 12.1 Å². The molecule has 1 aliphatic heterocycles. The molecule has 24 heavy (non-hydrogen) atoms. The van der Waals surface area contributed by atoms with Crippen LogP contribution in [0, 0.1) is 21.4 Å². The Kier molecular flexibility index (Phi) is 3.87. The molecule has 2 N–H and O–H groups in total. The maximum atomic E-state index is 11.0. The zero-order valence-electron chi connectivity index (χ0n) is 13.0. The highest BCUT2D eigenvalue weighted by Gasteiger charge is 2.32. The van der Waals surface area contributed by atoms with Gasteiger partial charge in [0.25, 0.3) is 0 Å². The van der Waals surface area contributed by atoms with Gasteiger partial charge >= 0.3 is 5.00 Å². The molecule has 8 heteroatoms. The summed E-state index contributed by atoms with van der Waals surface area (Å²) in [7, 11) is 3.81. The minimum absolute atomic E-state index is 0.0267. The van der Waals surface area contributed by atoms with E-state index in [0.717, 1.165) is 22.6 Å². The standard InChI is InChI=1S/C16H14N4O3S/c1-19(2)9-3-4-10-12(7-9)23-16(18)11(8-17)15(10)13-5-6-14(24-13)20(21)22/h3-7,15H,18H2,1-2H3. The SMILES string of the molecule is CN(C)c1ccc2c(c1)OC(N)=C(C#N)C2c1ccc([N+](=O)[O-])s1. The van der Waals surface area contributed by atoms with Crippen molar-refractivity contribution in [2.45, 2.75) is 5.92 Å². The van der Waals surface area contributed by atoms with E-state index in [0.29, 0.717) is 10.6 Å². The Labute approximate surface area is 142 Å². The van der Waals surface area contributed by atoms with Crippen molar-refractivity contribution in [3.63, 3.8) is 0 Å². The number of rotatable bonds is 3. The fourth-order valence-corrected chi connectivity index (χ4v) is 3.56.